The van der Waals surface area contributed by atoms with Gasteiger partial charge in [-0.15, -0.1) is 0 Å². The molecule has 6 heteroatoms. The molecule has 0 aliphatic carbocycles. The van der Waals surface area contributed by atoms with Crippen LogP contribution in [-0.2, 0) is 13.0 Å². The molecule has 3 rings (SSSR count). The van der Waals surface area contributed by atoms with Gasteiger partial charge in [-0.25, -0.2) is 4.98 Å². The molecule has 1 atom stereocenters. The summed E-state index contributed by atoms with van der Waals surface area (Å²) in [6, 6.07) is 7.95. The number of hydrogen-bond acceptors (Lipinski definition) is 4. The van der Waals surface area contributed by atoms with E-state index >= 15 is 0 Å². The van der Waals surface area contributed by atoms with E-state index in [1.807, 2.05) is 12.1 Å². The second kappa shape index (κ2) is 8.64. The van der Waals surface area contributed by atoms with Gasteiger partial charge in [0.25, 0.3) is 5.91 Å². The second-order valence-electron chi connectivity index (χ2n) is 7.06. The Morgan fingerprint density at radius 1 is 1.42 bits per heavy atom. The predicted octanol–water partition coefficient (Wildman–Crippen LogP) is 2.92. The molecule has 0 spiro atoms. The number of nitrogens with zero attached hydrogens (tertiary/aromatic N) is 1. The maximum atomic E-state index is 12.6. The van der Waals surface area contributed by atoms with E-state index in [2.05, 4.69) is 31.1 Å². The van der Waals surface area contributed by atoms with Crippen molar-refractivity contribution in [3.8, 4) is 5.75 Å². The first-order valence-electron chi connectivity index (χ1n) is 9.44. The van der Waals surface area contributed by atoms with E-state index in [9.17, 15) is 4.79 Å². The summed E-state index contributed by atoms with van der Waals surface area (Å²) in [6.07, 6.45) is 3.08. The van der Waals surface area contributed by atoms with Crippen LogP contribution in [0.1, 0.15) is 54.5 Å². The summed E-state index contributed by atoms with van der Waals surface area (Å²) in [6.45, 7) is 9.41. The molecule has 2 N–H and O–H groups in total. The largest absolute Gasteiger partial charge is 0.494 e. The lowest BCUT2D eigenvalue weighted by atomic mass is 10.1. The van der Waals surface area contributed by atoms with E-state index in [-0.39, 0.29) is 5.91 Å². The summed E-state index contributed by atoms with van der Waals surface area (Å²) in [4.78, 5) is 20.1. The third kappa shape index (κ3) is 4.62. The molecule has 26 heavy (non-hydrogen) atoms. The highest BCUT2D eigenvalue weighted by molar-refractivity contribution is 7.15. The Kier molecular flexibility index (Phi) is 6.27. The zero-order valence-corrected chi connectivity index (χ0v) is 16.6. The van der Waals surface area contributed by atoms with Gasteiger partial charge in [0.05, 0.1) is 29.8 Å². The fourth-order valence-electron chi connectivity index (χ4n) is 3.07. The van der Waals surface area contributed by atoms with E-state index < -0.39 is 0 Å². The summed E-state index contributed by atoms with van der Waals surface area (Å²) in [5.74, 6) is 0.603. The highest BCUT2D eigenvalue weighted by Gasteiger charge is 2.25. The fourth-order valence-corrected chi connectivity index (χ4v) is 4.12. The van der Waals surface area contributed by atoms with Gasteiger partial charge in [0.15, 0.2) is 5.13 Å². The van der Waals surface area contributed by atoms with Crippen molar-refractivity contribution in [1.29, 1.82) is 0 Å². The van der Waals surface area contributed by atoms with Crippen LogP contribution in [0.25, 0.3) is 0 Å². The van der Waals surface area contributed by atoms with Gasteiger partial charge in [-0.3, -0.25) is 10.1 Å². The standard InChI is InChI=1S/C20H27N3O2S/c1-4-5-11-25-16-8-6-7-15(12-16)19(24)22-20-21-17-9-10-23(14(2)3)13-18(17)26-20/h6-8,12,14H,4-5,9-11,13H2,1-3H3,(H,21,22,24)/p+1. The minimum Gasteiger partial charge on any atom is -0.494 e. The van der Waals surface area contributed by atoms with E-state index in [1.165, 1.54) is 4.88 Å². The minimum atomic E-state index is -0.134. The van der Waals surface area contributed by atoms with Crippen molar-refractivity contribution in [2.75, 3.05) is 18.5 Å². The first-order chi connectivity index (χ1) is 12.6. The lowest BCUT2D eigenvalue weighted by Crippen LogP contribution is -3.14. The Labute approximate surface area is 159 Å². The number of aromatic nitrogens is 1. The molecule has 1 unspecified atom stereocenters. The van der Waals surface area contributed by atoms with Gasteiger partial charge in [0.2, 0.25) is 0 Å². The average molecular weight is 375 g/mol. The number of amides is 1. The molecule has 0 radical (unpaired) electrons. The van der Waals surface area contributed by atoms with Crippen molar-refractivity contribution in [3.05, 3.63) is 40.4 Å². The molecule has 2 aromatic rings. The molecule has 1 aliphatic rings. The van der Waals surface area contributed by atoms with E-state index in [0.717, 1.165) is 43.8 Å². The second-order valence-corrected chi connectivity index (χ2v) is 8.15. The normalized spacial score (nSPS) is 16.4. The Hall–Kier alpha value is -1.92. The summed E-state index contributed by atoms with van der Waals surface area (Å²) < 4.78 is 5.69. The van der Waals surface area contributed by atoms with Gasteiger partial charge in [-0.1, -0.05) is 30.7 Å². The van der Waals surface area contributed by atoms with Crippen LogP contribution in [0.4, 0.5) is 5.13 Å². The van der Waals surface area contributed by atoms with Gasteiger partial charge < -0.3 is 9.64 Å². The number of anilines is 1. The predicted molar refractivity (Wildman–Crippen MR) is 105 cm³/mol. The van der Waals surface area contributed by atoms with Gasteiger partial charge in [0, 0.05) is 12.0 Å². The number of carbonyl (C=O) groups excluding carboxylic acids is 1. The number of quaternary nitrogens is 1. The van der Waals surface area contributed by atoms with Crippen LogP contribution in [-0.4, -0.2) is 30.1 Å². The van der Waals surface area contributed by atoms with Crippen LogP contribution in [0, 0.1) is 0 Å². The van der Waals surface area contributed by atoms with Crippen LogP contribution in [0.15, 0.2) is 24.3 Å². The molecule has 0 bridgehead atoms. The number of nitrogens with one attached hydrogen (secondary N) is 2. The van der Waals surface area contributed by atoms with Crippen molar-refractivity contribution >= 4 is 22.4 Å². The molecule has 1 aromatic carbocycles. The molecular formula is C20H28N3O2S+. The quantitative estimate of drug-likeness (QED) is 0.733. The Bertz CT molecular complexity index is 757. The van der Waals surface area contributed by atoms with E-state index in [4.69, 9.17) is 4.74 Å². The summed E-state index contributed by atoms with van der Waals surface area (Å²) in [5.41, 5.74) is 1.74. The Morgan fingerprint density at radius 2 is 2.27 bits per heavy atom. The minimum absolute atomic E-state index is 0.134. The van der Waals surface area contributed by atoms with Crippen LogP contribution >= 0.6 is 11.3 Å². The van der Waals surface area contributed by atoms with Gasteiger partial charge in [-0.2, -0.15) is 0 Å². The topological polar surface area (TPSA) is 55.7 Å². The zero-order chi connectivity index (χ0) is 18.5. The molecule has 1 aliphatic heterocycles. The number of thiazole rings is 1. The number of ether oxygens (including phenoxy) is 1. The maximum absolute atomic E-state index is 12.6. The molecule has 140 valence electrons. The Morgan fingerprint density at radius 3 is 3.04 bits per heavy atom. The molecule has 1 aromatic heterocycles. The number of fused-ring (bicyclic) bond motifs is 1. The lowest BCUT2D eigenvalue weighted by molar-refractivity contribution is -0.936. The van der Waals surface area contributed by atoms with Crippen LogP contribution < -0.4 is 15.0 Å². The van der Waals surface area contributed by atoms with Crippen molar-refractivity contribution < 1.29 is 14.4 Å². The summed E-state index contributed by atoms with van der Waals surface area (Å²) in [7, 11) is 0. The highest BCUT2D eigenvalue weighted by Crippen LogP contribution is 2.25. The lowest BCUT2D eigenvalue weighted by Gasteiger charge is -2.26. The van der Waals surface area contributed by atoms with E-state index in [0.29, 0.717) is 23.3 Å². The van der Waals surface area contributed by atoms with Crippen LogP contribution in [0.3, 0.4) is 0 Å². The SMILES string of the molecule is CCCCOc1cccc(C(=O)Nc2nc3c(s2)C[NH+](C(C)C)CC3)c1. The van der Waals surface area contributed by atoms with Gasteiger partial charge in [-0.05, 0) is 38.5 Å². The zero-order valence-electron chi connectivity index (χ0n) is 15.8. The van der Waals surface area contributed by atoms with Gasteiger partial charge in [0.1, 0.15) is 12.3 Å². The smallest absolute Gasteiger partial charge is 0.257 e. The number of hydrogen-bond donors (Lipinski definition) is 2. The molecule has 0 saturated heterocycles. The molecule has 2 heterocycles. The third-order valence-electron chi connectivity index (χ3n) is 4.75. The third-order valence-corrected chi connectivity index (χ3v) is 5.76. The van der Waals surface area contributed by atoms with Crippen molar-refractivity contribution in [2.45, 2.75) is 52.6 Å². The van der Waals surface area contributed by atoms with E-state index in [1.54, 1.807) is 28.4 Å². The maximum Gasteiger partial charge on any atom is 0.257 e. The fraction of sp³-hybridized carbons (Fsp3) is 0.500. The van der Waals surface area contributed by atoms with Crippen molar-refractivity contribution in [3.63, 3.8) is 0 Å². The molecule has 0 saturated carbocycles. The molecular weight excluding hydrogens is 346 g/mol. The number of carbonyl (C=O) groups is 1. The monoisotopic (exact) mass is 374 g/mol. The molecule has 1 amide bonds. The number of benzene rings is 1. The number of unbranched alkanes of at least 4 members (excludes halogenated alkanes) is 1. The average Bonchev–Trinajstić information content (AvgIpc) is 3.03. The van der Waals surface area contributed by atoms with Crippen molar-refractivity contribution in [2.24, 2.45) is 0 Å². The summed E-state index contributed by atoms with van der Waals surface area (Å²) >= 11 is 1.61. The number of rotatable bonds is 7. The molecule has 0 fully saturated rings. The molecule has 5 nitrogen and oxygen atoms in total. The Balaban J connectivity index is 1.65. The highest BCUT2D eigenvalue weighted by atomic mass is 32.1. The summed E-state index contributed by atoms with van der Waals surface area (Å²) in [5, 5.41) is 3.65. The van der Waals surface area contributed by atoms with Crippen LogP contribution in [0.5, 0.6) is 5.75 Å². The first kappa shape index (κ1) is 18.9. The van der Waals surface area contributed by atoms with Gasteiger partial charge >= 0.3 is 0 Å². The van der Waals surface area contributed by atoms with Crippen LogP contribution in [0.2, 0.25) is 0 Å². The first-order valence-corrected chi connectivity index (χ1v) is 10.3. The van der Waals surface area contributed by atoms with Crippen molar-refractivity contribution in [1.82, 2.24) is 4.98 Å².